The Morgan fingerprint density at radius 1 is 1.45 bits per heavy atom. The first-order valence-corrected chi connectivity index (χ1v) is 7.24. The zero-order valence-corrected chi connectivity index (χ0v) is 12.1. The fourth-order valence-corrected chi connectivity index (χ4v) is 2.18. The van der Waals surface area contributed by atoms with E-state index in [2.05, 4.69) is 15.5 Å². The normalized spacial score (nSPS) is 10.5. The zero-order valence-electron chi connectivity index (χ0n) is 10.5. The number of carbonyl (C=O) groups excluding carboxylic acids is 1. The number of benzene rings is 1. The molecule has 0 unspecified atom stereocenters. The number of rotatable bonds is 6. The summed E-state index contributed by atoms with van der Waals surface area (Å²) in [7, 11) is 0. The smallest absolute Gasteiger partial charge is 0.277 e. The van der Waals surface area contributed by atoms with Crippen molar-refractivity contribution < 1.29 is 9.21 Å². The Hall–Kier alpha value is -1.57. The molecule has 0 bridgehead atoms. The average Bonchev–Trinajstić information content (AvgIpc) is 2.85. The molecule has 0 saturated heterocycles. The summed E-state index contributed by atoms with van der Waals surface area (Å²) in [5, 5.41) is 11.3. The Morgan fingerprint density at radius 2 is 2.30 bits per heavy atom. The number of amides is 1. The lowest BCUT2D eigenvalue weighted by Gasteiger charge is -2.03. The van der Waals surface area contributed by atoms with Gasteiger partial charge in [0.2, 0.25) is 11.8 Å². The molecule has 0 atom stereocenters. The molecule has 20 heavy (non-hydrogen) atoms. The van der Waals surface area contributed by atoms with Gasteiger partial charge in [-0.15, -0.1) is 10.2 Å². The molecule has 106 valence electrons. The van der Waals surface area contributed by atoms with Gasteiger partial charge in [-0.2, -0.15) is 0 Å². The van der Waals surface area contributed by atoms with Crippen LogP contribution >= 0.6 is 23.4 Å². The molecule has 1 aromatic heterocycles. The number of halogens is 1. The largest absolute Gasteiger partial charge is 0.416 e. The number of nitrogens with one attached hydrogen (secondary N) is 1. The molecule has 3 N–H and O–H groups in total. The first kappa shape index (κ1) is 14.8. The van der Waals surface area contributed by atoms with Crippen molar-refractivity contribution in [3.8, 4) is 0 Å². The van der Waals surface area contributed by atoms with Crippen molar-refractivity contribution in [3.63, 3.8) is 0 Å². The van der Waals surface area contributed by atoms with Crippen LogP contribution in [0.1, 0.15) is 5.89 Å². The molecule has 1 heterocycles. The van der Waals surface area contributed by atoms with Gasteiger partial charge in [0, 0.05) is 23.7 Å². The first-order valence-electron chi connectivity index (χ1n) is 5.88. The van der Waals surface area contributed by atoms with E-state index >= 15 is 0 Å². The molecule has 1 amide bonds. The average molecular weight is 313 g/mol. The minimum Gasteiger partial charge on any atom is -0.416 e. The molecular formula is C12H13ClN4O2S. The van der Waals surface area contributed by atoms with Gasteiger partial charge in [-0.25, -0.2) is 0 Å². The fraction of sp³-hybridized carbons (Fsp3) is 0.250. The number of carbonyl (C=O) groups is 1. The number of anilines is 1. The predicted molar refractivity (Wildman–Crippen MR) is 77.9 cm³/mol. The maximum atomic E-state index is 11.7. The summed E-state index contributed by atoms with van der Waals surface area (Å²) >= 11 is 7.01. The Morgan fingerprint density at radius 3 is 3.05 bits per heavy atom. The maximum absolute atomic E-state index is 11.7. The third-order valence-corrected chi connectivity index (χ3v) is 3.30. The van der Waals surface area contributed by atoms with Crippen molar-refractivity contribution in [2.45, 2.75) is 11.6 Å². The van der Waals surface area contributed by atoms with Crippen LogP contribution < -0.4 is 11.1 Å². The second-order valence-corrected chi connectivity index (χ2v) is 5.21. The highest BCUT2D eigenvalue weighted by Gasteiger charge is 2.09. The van der Waals surface area contributed by atoms with Crippen LogP contribution in [0.2, 0.25) is 5.02 Å². The predicted octanol–water partition coefficient (Wildman–Crippen LogP) is 1.95. The van der Waals surface area contributed by atoms with Crippen LogP contribution in [0, 0.1) is 0 Å². The quantitative estimate of drug-likeness (QED) is 0.792. The fourth-order valence-electron chi connectivity index (χ4n) is 1.41. The molecule has 2 rings (SSSR count). The topological polar surface area (TPSA) is 94.0 Å². The second-order valence-electron chi connectivity index (χ2n) is 3.85. The third-order valence-electron chi connectivity index (χ3n) is 2.24. The summed E-state index contributed by atoms with van der Waals surface area (Å²) in [4.78, 5) is 11.7. The van der Waals surface area contributed by atoms with Crippen LogP contribution in [0.3, 0.4) is 0 Å². The van der Waals surface area contributed by atoms with Crippen molar-refractivity contribution in [2.24, 2.45) is 5.73 Å². The zero-order chi connectivity index (χ0) is 14.4. The number of thioether (sulfide) groups is 1. The number of aromatic nitrogens is 2. The van der Waals surface area contributed by atoms with Crippen molar-refractivity contribution in [1.82, 2.24) is 10.2 Å². The van der Waals surface area contributed by atoms with Gasteiger partial charge in [0.25, 0.3) is 5.22 Å². The van der Waals surface area contributed by atoms with Gasteiger partial charge in [0.05, 0.1) is 5.75 Å². The van der Waals surface area contributed by atoms with Crippen LogP contribution in [0.15, 0.2) is 33.9 Å². The second kappa shape index (κ2) is 7.28. The lowest BCUT2D eigenvalue weighted by molar-refractivity contribution is -0.113. The summed E-state index contributed by atoms with van der Waals surface area (Å²) in [6.45, 7) is 0.446. The monoisotopic (exact) mass is 312 g/mol. The van der Waals surface area contributed by atoms with E-state index in [1.54, 1.807) is 24.3 Å². The van der Waals surface area contributed by atoms with Gasteiger partial charge in [-0.1, -0.05) is 29.4 Å². The van der Waals surface area contributed by atoms with Gasteiger partial charge in [0.1, 0.15) is 0 Å². The van der Waals surface area contributed by atoms with Crippen LogP contribution in [0.25, 0.3) is 0 Å². The highest BCUT2D eigenvalue weighted by atomic mass is 35.5. The van der Waals surface area contributed by atoms with Crippen LogP contribution in [0.5, 0.6) is 0 Å². The van der Waals surface area contributed by atoms with E-state index in [-0.39, 0.29) is 11.7 Å². The minimum absolute atomic E-state index is 0.171. The molecule has 0 radical (unpaired) electrons. The van der Waals surface area contributed by atoms with Gasteiger partial charge < -0.3 is 15.5 Å². The summed E-state index contributed by atoms with van der Waals surface area (Å²) in [6, 6.07) is 6.95. The Labute approximate surface area is 125 Å². The van der Waals surface area contributed by atoms with E-state index in [0.29, 0.717) is 34.8 Å². The third kappa shape index (κ3) is 4.52. The molecule has 8 heteroatoms. The van der Waals surface area contributed by atoms with E-state index in [9.17, 15) is 4.79 Å². The summed E-state index contributed by atoms with van der Waals surface area (Å²) in [5.74, 6) is 0.484. The van der Waals surface area contributed by atoms with Crippen molar-refractivity contribution in [1.29, 1.82) is 0 Å². The van der Waals surface area contributed by atoms with Gasteiger partial charge in [-0.3, -0.25) is 4.79 Å². The lowest BCUT2D eigenvalue weighted by atomic mass is 10.3. The Bertz CT molecular complexity index is 590. The van der Waals surface area contributed by atoms with E-state index in [1.807, 2.05) is 0 Å². The van der Waals surface area contributed by atoms with E-state index in [1.165, 1.54) is 11.8 Å². The number of hydrogen-bond donors (Lipinski definition) is 2. The number of hydrogen-bond acceptors (Lipinski definition) is 6. The van der Waals surface area contributed by atoms with E-state index in [4.69, 9.17) is 21.8 Å². The molecule has 0 aliphatic rings. The van der Waals surface area contributed by atoms with Crippen LogP contribution in [-0.4, -0.2) is 28.4 Å². The Balaban J connectivity index is 1.82. The molecule has 0 saturated carbocycles. The van der Waals surface area contributed by atoms with Gasteiger partial charge >= 0.3 is 0 Å². The molecule has 0 aliphatic heterocycles. The summed E-state index contributed by atoms with van der Waals surface area (Å²) in [6.07, 6.45) is 0.530. The SMILES string of the molecule is NCCc1nnc(SCC(=O)Nc2cccc(Cl)c2)o1. The van der Waals surface area contributed by atoms with Crippen molar-refractivity contribution in [2.75, 3.05) is 17.6 Å². The molecular weight excluding hydrogens is 300 g/mol. The number of nitrogens with zero attached hydrogens (tertiary/aromatic N) is 2. The lowest BCUT2D eigenvalue weighted by Crippen LogP contribution is -2.13. The van der Waals surface area contributed by atoms with Crippen LogP contribution in [-0.2, 0) is 11.2 Å². The highest BCUT2D eigenvalue weighted by molar-refractivity contribution is 7.99. The standard InChI is InChI=1S/C12H13ClN4O2S/c13-8-2-1-3-9(6-8)15-10(18)7-20-12-17-16-11(19-12)4-5-14/h1-3,6H,4-5,7,14H2,(H,15,18). The maximum Gasteiger partial charge on any atom is 0.277 e. The Kier molecular flexibility index (Phi) is 5.40. The highest BCUT2D eigenvalue weighted by Crippen LogP contribution is 2.18. The molecule has 0 aliphatic carbocycles. The van der Waals surface area contributed by atoms with Gasteiger partial charge in [0.15, 0.2) is 0 Å². The molecule has 2 aromatic rings. The van der Waals surface area contributed by atoms with Crippen molar-refractivity contribution >= 4 is 35.0 Å². The summed E-state index contributed by atoms with van der Waals surface area (Å²) < 4.78 is 5.30. The molecule has 1 aromatic carbocycles. The molecule has 0 spiro atoms. The summed E-state index contributed by atoms with van der Waals surface area (Å²) in [5.41, 5.74) is 6.03. The van der Waals surface area contributed by atoms with Crippen LogP contribution in [0.4, 0.5) is 5.69 Å². The number of nitrogens with two attached hydrogens (primary N) is 1. The first-order chi connectivity index (χ1) is 9.67. The van der Waals surface area contributed by atoms with Crippen molar-refractivity contribution in [3.05, 3.63) is 35.2 Å². The molecule has 0 fully saturated rings. The molecule has 6 nitrogen and oxygen atoms in total. The van der Waals surface area contributed by atoms with Gasteiger partial charge in [-0.05, 0) is 18.2 Å². The van der Waals surface area contributed by atoms with E-state index in [0.717, 1.165) is 0 Å². The van der Waals surface area contributed by atoms with E-state index < -0.39 is 0 Å². The minimum atomic E-state index is -0.171.